The Morgan fingerprint density at radius 2 is 1.61 bits per heavy atom. The molecule has 0 unspecified atom stereocenters. The number of aromatic nitrogens is 1. The van der Waals surface area contributed by atoms with Crippen molar-refractivity contribution in [3.63, 3.8) is 0 Å². The van der Waals surface area contributed by atoms with Gasteiger partial charge in [0.05, 0.1) is 11.2 Å². The van der Waals surface area contributed by atoms with Crippen molar-refractivity contribution >= 4 is 23.6 Å². The molecule has 3 nitrogen and oxygen atoms in total. The summed E-state index contributed by atoms with van der Waals surface area (Å²) in [6.45, 7) is 8.26. The third-order valence-corrected chi connectivity index (χ3v) is 4.06. The highest BCUT2D eigenvalue weighted by Gasteiger charge is 2.52. The monoisotopic (exact) mass is 243 g/mol. The molecule has 0 bridgehead atoms. The van der Waals surface area contributed by atoms with Gasteiger partial charge in [0.1, 0.15) is 0 Å². The third-order valence-electron chi connectivity index (χ3n) is 4.06. The van der Waals surface area contributed by atoms with E-state index in [4.69, 9.17) is 9.31 Å². The second-order valence-corrected chi connectivity index (χ2v) is 5.90. The van der Waals surface area contributed by atoms with Gasteiger partial charge in [-0.2, -0.15) is 0 Å². The highest BCUT2D eigenvalue weighted by atomic mass is 16.7. The number of nitrogens with one attached hydrogen (secondary N) is 1. The molecule has 0 spiro atoms. The number of hydrogen-bond donors (Lipinski definition) is 1. The molecule has 1 N–H and O–H groups in total. The first-order valence-electron chi connectivity index (χ1n) is 6.32. The molecule has 2 heterocycles. The van der Waals surface area contributed by atoms with Crippen LogP contribution in [0.4, 0.5) is 0 Å². The predicted molar refractivity (Wildman–Crippen MR) is 74.0 cm³/mol. The van der Waals surface area contributed by atoms with Crippen molar-refractivity contribution in [3.05, 3.63) is 30.3 Å². The first-order chi connectivity index (χ1) is 8.39. The Hall–Kier alpha value is -1.26. The van der Waals surface area contributed by atoms with Gasteiger partial charge in [0, 0.05) is 11.1 Å². The minimum absolute atomic E-state index is 0.297. The highest BCUT2D eigenvalue weighted by molar-refractivity contribution is 6.61. The zero-order valence-electron chi connectivity index (χ0n) is 11.3. The fourth-order valence-corrected chi connectivity index (χ4v) is 2.19. The standard InChI is InChI=1S/C14H18BNO2/c1-13(2)14(3,4)18-15(17-13)12-9-10-7-5-6-8-11(10)16-12/h5-9,16H,1-4H3. The van der Waals surface area contributed by atoms with Crippen molar-refractivity contribution in [2.24, 2.45) is 0 Å². The Kier molecular flexibility index (Phi) is 2.38. The van der Waals surface area contributed by atoms with E-state index >= 15 is 0 Å². The quantitative estimate of drug-likeness (QED) is 0.780. The summed E-state index contributed by atoms with van der Waals surface area (Å²) in [7, 11) is -0.317. The van der Waals surface area contributed by atoms with Gasteiger partial charge in [-0.05, 0) is 45.2 Å². The van der Waals surface area contributed by atoms with Gasteiger partial charge >= 0.3 is 7.12 Å². The number of H-pyrrole nitrogens is 1. The van der Waals surface area contributed by atoms with Gasteiger partial charge in [0.2, 0.25) is 0 Å². The number of hydrogen-bond acceptors (Lipinski definition) is 2. The molecule has 0 saturated carbocycles. The molecule has 1 aromatic heterocycles. The minimum atomic E-state index is -0.317. The maximum atomic E-state index is 6.03. The van der Waals surface area contributed by atoms with Crippen molar-refractivity contribution in [1.29, 1.82) is 0 Å². The van der Waals surface area contributed by atoms with Crippen LogP contribution in [0.1, 0.15) is 27.7 Å². The lowest BCUT2D eigenvalue weighted by molar-refractivity contribution is 0.00578. The van der Waals surface area contributed by atoms with E-state index < -0.39 is 0 Å². The van der Waals surface area contributed by atoms with Crippen LogP contribution in [0.25, 0.3) is 10.9 Å². The Morgan fingerprint density at radius 1 is 1.00 bits per heavy atom. The van der Waals surface area contributed by atoms with Crippen LogP contribution in [0.15, 0.2) is 30.3 Å². The SMILES string of the molecule is CC1(C)OB(c2cc3ccccc3[nH]2)OC1(C)C. The van der Waals surface area contributed by atoms with Crippen LogP contribution in [-0.4, -0.2) is 23.3 Å². The van der Waals surface area contributed by atoms with Crippen molar-refractivity contribution in [2.45, 2.75) is 38.9 Å². The molecule has 1 fully saturated rings. The van der Waals surface area contributed by atoms with Crippen LogP contribution in [-0.2, 0) is 9.31 Å². The van der Waals surface area contributed by atoms with Crippen molar-refractivity contribution in [1.82, 2.24) is 4.98 Å². The first-order valence-corrected chi connectivity index (χ1v) is 6.32. The van der Waals surface area contributed by atoms with E-state index in [-0.39, 0.29) is 18.3 Å². The van der Waals surface area contributed by atoms with E-state index in [1.54, 1.807) is 0 Å². The molecule has 18 heavy (non-hydrogen) atoms. The number of benzene rings is 1. The fourth-order valence-electron chi connectivity index (χ4n) is 2.19. The fraction of sp³-hybridized carbons (Fsp3) is 0.429. The lowest BCUT2D eigenvalue weighted by Crippen LogP contribution is -2.41. The zero-order chi connectivity index (χ0) is 13.0. The average Bonchev–Trinajstić information content (AvgIpc) is 2.78. The van der Waals surface area contributed by atoms with Gasteiger partial charge in [0.15, 0.2) is 0 Å². The predicted octanol–water partition coefficient (Wildman–Crippen LogP) is 2.47. The Bertz CT molecular complexity index is 539. The van der Waals surface area contributed by atoms with Gasteiger partial charge < -0.3 is 14.3 Å². The molecule has 1 aliphatic rings. The molecule has 1 aromatic carbocycles. The Morgan fingerprint density at radius 3 is 2.22 bits per heavy atom. The van der Waals surface area contributed by atoms with Gasteiger partial charge in [-0.15, -0.1) is 0 Å². The van der Waals surface area contributed by atoms with Crippen LogP contribution < -0.4 is 5.59 Å². The van der Waals surface area contributed by atoms with Crippen LogP contribution >= 0.6 is 0 Å². The van der Waals surface area contributed by atoms with Crippen molar-refractivity contribution < 1.29 is 9.31 Å². The van der Waals surface area contributed by atoms with Crippen molar-refractivity contribution in [2.75, 3.05) is 0 Å². The van der Waals surface area contributed by atoms with Gasteiger partial charge in [-0.3, -0.25) is 0 Å². The Labute approximate surface area is 108 Å². The van der Waals surface area contributed by atoms with Crippen LogP contribution in [0, 0.1) is 0 Å². The van der Waals surface area contributed by atoms with E-state index in [1.807, 2.05) is 12.1 Å². The van der Waals surface area contributed by atoms with Gasteiger partial charge in [0.25, 0.3) is 0 Å². The van der Waals surface area contributed by atoms with E-state index in [0.29, 0.717) is 0 Å². The first kappa shape index (κ1) is 11.8. The normalized spacial score (nSPS) is 21.7. The highest BCUT2D eigenvalue weighted by Crippen LogP contribution is 2.36. The number of para-hydroxylation sites is 1. The summed E-state index contributed by atoms with van der Waals surface area (Å²) in [5.41, 5.74) is 1.50. The zero-order valence-corrected chi connectivity index (χ0v) is 11.3. The summed E-state index contributed by atoms with van der Waals surface area (Å²) in [4.78, 5) is 3.36. The summed E-state index contributed by atoms with van der Waals surface area (Å²) in [5.74, 6) is 0. The van der Waals surface area contributed by atoms with Crippen LogP contribution in [0.2, 0.25) is 0 Å². The Balaban J connectivity index is 1.97. The summed E-state index contributed by atoms with van der Waals surface area (Å²) in [5, 5.41) is 1.18. The topological polar surface area (TPSA) is 34.2 Å². The minimum Gasteiger partial charge on any atom is -0.398 e. The second-order valence-electron chi connectivity index (χ2n) is 5.90. The molecule has 94 valence electrons. The van der Waals surface area contributed by atoms with Crippen LogP contribution in [0.3, 0.4) is 0 Å². The largest absolute Gasteiger partial charge is 0.512 e. The van der Waals surface area contributed by atoms with E-state index in [1.165, 1.54) is 5.39 Å². The molecule has 3 rings (SSSR count). The van der Waals surface area contributed by atoms with Crippen molar-refractivity contribution in [3.8, 4) is 0 Å². The maximum Gasteiger partial charge on any atom is 0.512 e. The smallest absolute Gasteiger partial charge is 0.398 e. The molecule has 0 aliphatic carbocycles. The molecular weight excluding hydrogens is 225 g/mol. The molecule has 1 aliphatic heterocycles. The van der Waals surface area contributed by atoms with E-state index in [0.717, 1.165) is 11.1 Å². The van der Waals surface area contributed by atoms with Gasteiger partial charge in [-0.1, -0.05) is 18.2 Å². The molecule has 0 radical (unpaired) electrons. The average molecular weight is 243 g/mol. The summed E-state index contributed by atoms with van der Waals surface area (Å²) in [6, 6.07) is 10.3. The van der Waals surface area contributed by atoms with Gasteiger partial charge in [-0.25, -0.2) is 0 Å². The van der Waals surface area contributed by atoms with E-state index in [2.05, 4.69) is 50.9 Å². The molecular formula is C14H18BNO2. The molecule has 1 saturated heterocycles. The lowest BCUT2D eigenvalue weighted by atomic mass is 9.85. The van der Waals surface area contributed by atoms with E-state index in [9.17, 15) is 0 Å². The molecule has 0 amide bonds. The number of fused-ring (bicyclic) bond motifs is 1. The molecule has 0 atom stereocenters. The maximum absolute atomic E-state index is 6.03. The number of aromatic amines is 1. The molecule has 2 aromatic rings. The summed E-state index contributed by atoms with van der Waals surface area (Å²) < 4.78 is 12.1. The summed E-state index contributed by atoms with van der Waals surface area (Å²) >= 11 is 0. The molecule has 4 heteroatoms. The number of rotatable bonds is 1. The summed E-state index contributed by atoms with van der Waals surface area (Å²) in [6.07, 6.45) is 0. The third kappa shape index (κ3) is 1.68. The second kappa shape index (κ2) is 3.62. The lowest BCUT2D eigenvalue weighted by Gasteiger charge is -2.32. The van der Waals surface area contributed by atoms with Crippen LogP contribution in [0.5, 0.6) is 0 Å².